The van der Waals surface area contributed by atoms with Gasteiger partial charge >= 0.3 is 12.0 Å². The molecule has 2 amide bonds. The molecule has 2 aliphatic heterocycles. The molecule has 6 nitrogen and oxygen atoms in total. The van der Waals surface area contributed by atoms with Crippen LogP contribution in [-0.2, 0) is 11.3 Å². The molecule has 2 fully saturated rings. The fraction of sp³-hybridized carbons (Fsp3) is 0.571. The van der Waals surface area contributed by atoms with E-state index >= 15 is 0 Å². The number of hydrogen-bond donors (Lipinski definition) is 2. The number of fused-ring (bicyclic) bond motifs is 2. The van der Waals surface area contributed by atoms with Crippen molar-refractivity contribution in [3.8, 4) is 0 Å². The monoisotopic (exact) mass is 278 g/mol. The number of amides is 2. The third-order valence-electron chi connectivity index (χ3n) is 4.30. The molecule has 108 valence electrons. The van der Waals surface area contributed by atoms with Gasteiger partial charge < -0.3 is 19.7 Å². The Balaban J connectivity index is 1.62. The highest BCUT2D eigenvalue weighted by molar-refractivity contribution is 5.79. The molecule has 0 radical (unpaired) electrons. The van der Waals surface area contributed by atoms with Gasteiger partial charge in [-0.3, -0.25) is 4.79 Å². The molecule has 20 heavy (non-hydrogen) atoms. The summed E-state index contributed by atoms with van der Waals surface area (Å²) >= 11 is 0. The summed E-state index contributed by atoms with van der Waals surface area (Å²) in [6.45, 7) is 2.18. The summed E-state index contributed by atoms with van der Waals surface area (Å²) in [6.07, 6.45) is 2.27. The van der Waals surface area contributed by atoms with E-state index in [-0.39, 0.29) is 18.1 Å². The van der Waals surface area contributed by atoms with Gasteiger partial charge in [0.15, 0.2) is 0 Å². The molecule has 0 saturated carbocycles. The van der Waals surface area contributed by atoms with Crippen LogP contribution in [0.2, 0.25) is 0 Å². The van der Waals surface area contributed by atoms with Gasteiger partial charge in [-0.05, 0) is 38.3 Å². The molecule has 0 aromatic carbocycles. The molecule has 2 N–H and O–H groups in total. The number of carbonyl (C=O) groups excluding carboxylic acids is 1. The van der Waals surface area contributed by atoms with Crippen LogP contribution >= 0.6 is 0 Å². The summed E-state index contributed by atoms with van der Waals surface area (Å²) in [5.41, 5.74) is 0. The van der Waals surface area contributed by atoms with Crippen LogP contribution in [0.25, 0.3) is 0 Å². The van der Waals surface area contributed by atoms with Crippen LogP contribution in [0.3, 0.4) is 0 Å². The fourth-order valence-electron chi connectivity index (χ4n) is 3.40. The molecular weight excluding hydrogens is 260 g/mol. The van der Waals surface area contributed by atoms with Crippen molar-refractivity contribution in [2.75, 3.05) is 0 Å². The van der Waals surface area contributed by atoms with Crippen molar-refractivity contribution in [3.63, 3.8) is 0 Å². The highest BCUT2D eigenvalue weighted by atomic mass is 16.4. The maximum absolute atomic E-state index is 12.2. The van der Waals surface area contributed by atoms with E-state index in [1.165, 1.54) is 0 Å². The number of rotatable bonds is 3. The zero-order chi connectivity index (χ0) is 14.3. The Labute approximate surface area is 116 Å². The lowest BCUT2D eigenvalue weighted by Gasteiger charge is -2.23. The third-order valence-corrected chi connectivity index (χ3v) is 4.30. The second-order valence-electron chi connectivity index (χ2n) is 5.56. The number of furan rings is 1. The Bertz CT molecular complexity index is 539. The van der Waals surface area contributed by atoms with Gasteiger partial charge in [0.1, 0.15) is 11.5 Å². The van der Waals surface area contributed by atoms with Crippen LogP contribution < -0.4 is 5.32 Å². The van der Waals surface area contributed by atoms with Crippen molar-refractivity contribution in [2.24, 2.45) is 5.92 Å². The number of nitrogens with one attached hydrogen (secondary N) is 1. The molecule has 2 saturated heterocycles. The Kier molecular flexibility index (Phi) is 3.16. The van der Waals surface area contributed by atoms with Crippen LogP contribution in [0, 0.1) is 12.8 Å². The lowest BCUT2D eigenvalue weighted by Crippen LogP contribution is -2.43. The summed E-state index contributed by atoms with van der Waals surface area (Å²) in [5.74, 6) is 0.306. The van der Waals surface area contributed by atoms with Gasteiger partial charge in [-0.2, -0.15) is 0 Å². The Morgan fingerprint density at radius 2 is 2.25 bits per heavy atom. The number of aliphatic carboxylic acids is 1. The van der Waals surface area contributed by atoms with Crippen LogP contribution in [0.15, 0.2) is 16.5 Å². The molecule has 3 atom stereocenters. The molecule has 2 bridgehead atoms. The first-order chi connectivity index (χ1) is 9.56. The summed E-state index contributed by atoms with van der Waals surface area (Å²) in [7, 11) is 0. The number of urea groups is 1. The minimum atomic E-state index is -0.795. The van der Waals surface area contributed by atoms with Crippen LogP contribution in [0.5, 0.6) is 0 Å². The van der Waals surface area contributed by atoms with Crippen molar-refractivity contribution >= 4 is 12.0 Å². The Morgan fingerprint density at radius 1 is 1.45 bits per heavy atom. The molecule has 3 heterocycles. The summed E-state index contributed by atoms with van der Waals surface area (Å²) in [4.78, 5) is 25.1. The molecule has 1 aromatic heterocycles. The van der Waals surface area contributed by atoms with E-state index < -0.39 is 11.9 Å². The number of aryl methyl sites for hydroxylation is 1. The van der Waals surface area contributed by atoms with E-state index in [2.05, 4.69) is 5.32 Å². The van der Waals surface area contributed by atoms with Gasteiger partial charge in [-0.25, -0.2) is 4.79 Å². The first-order valence-electron chi connectivity index (χ1n) is 6.90. The van der Waals surface area contributed by atoms with E-state index in [1.54, 1.807) is 4.90 Å². The smallest absolute Gasteiger partial charge is 0.318 e. The lowest BCUT2D eigenvalue weighted by atomic mass is 9.89. The van der Waals surface area contributed by atoms with Crippen LogP contribution in [-0.4, -0.2) is 34.1 Å². The predicted molar refractivity (Wildman–Crippen MR) is 70.1 cm³/mol. The largest absolute Gasteiger partial charge is 0.481 e. The lowest BCUT2D eigenvalue weighted by molar-refractivity contribution is -0.142. The third kappa shape index (κ3) is 2.15. The minimum Gasteiger partial charge on any atom is -0.481 e. The Hall–Kier alpha value is -1.98. The highest BCUT2D eigenvalue weighted by Gasteiger charge is 2.51. The maximum atomic E-state index is 12.2. The topological polar surface area (TPSA) is 82.8 Å². The van der Waals surface area contributed by atoms with Crippen molar-refractivity contribution in [1.29, 1.82) is 0 Å². The number of carboxylic acids is 1. The Morgan fingerprint density at radius 3 is 2.85 bits per heavy atom. The van der Waals surface area contributed by atoms with Gasteiger partial charge in [0.05, 0.1) is 12.5 Å². The van der Waals surface area contributed by atoms with E-state index in [1.807, 2.05) is 19.1 Å². The van der Waals surface area contributed by atoms with Gasteiger partial charge in [0, 0.05) is 12.1 Å². The van der Waals surface area contributed by atoms with Gasteiger partial charge in [-0.1, -0.05) is 0 Å². The normalized spacial score (nSPS) is 27.9. The molecule has 3 rings (SSSR count). The van der Waals surface area contributed by atoms with Crippen molar-refractivity contribution in [1.82, 2.24) is 10.2 Å². The average molecular weight is 278 g/mol. The summed E-state index contributed by atoms with van der Waals surface area (Å²) in [6, 6.07) is 3.40. The summed E-state index contributed by atoms with van der Waals surface area (Å²) in [5, 5.41) is 12.0. The summed E-state index contributed by atoms with van der Waals surface area (Å²) < 4.78 is 5.40. The van der Waals surface area contributed by atoms with E-state index in [9.17, 15) is 14.7 Å². The van der Waals surface area contributed by atoms with Crippen molar-refractivity contribution in [3.05, 3.63) is 23.7 Å². The molecule has 2 aliphatic rings. The predicted octanol–water partition coefficient (Wildman–Crippen LogP) is 1.74. The second-order valence-corrected chi connectivity index (χ2v) is 5.56. The first kappa shape index (κ1) is 13.0. The number of carboxylic acid groups (broad SMARTS) is 1. The standard InChI is InChI=1S/C14H18N2O4/c1-8-2-4-10(20-8)7-15-14(19)16-9-3-5-12(16)11(6-9)13(17)18/h2,4,9,11-12H,3,5-7H2,1H3,(H,15,19)(H,17,18). The molecule has 0 spiro atoms. The second kappa shape index (κ2) is 4.85. The molecule has 3 unspecified atom stereocenters. The molecule has 1 aromatic rings. The van der Waals surface area contributed by atoms with Crippen LogP contribution in [0.4, 0.5) is 4.79 Å². The quantitative estimate of drug-likeness (QED) is 0.882. The maximum Gasteiger partial charge on any atom is 0.318 e. The first-order valence-corrected chi connectivity index (χ1v) is 6.90. The number of nitrogens with zero attached hydrogens (tertiary/aromatic N) is 1. The van der Waals surface area contributed by atoms with E-state index in [4.69, 9.17) is 4.42 Å². The molecule has 0 aliphatic carbocycles. The van der Waals surface area contributed by atoms with Gasteiger partial charge in [0.2, 0.25) is 0 Å². The van der Waals surface area contributed by atoms with Crippen LogP contribution in [0.1, 0.15) is 30.8 Å². The van der Waals surface area contributed by atoms with Crippen molar-refractivity contribution in [2.45, 2.75) is 44.8 Å². The SMILES string of the molecule is Cc1ccc(CNC(=O)N2C3CCC2C(C(=O)O)C3)o1. The average Bonchev–Trinajstić information content (AvgIpc) is 3.09. The highest BCUT2D eigenvalue weighted by Crippen LogP contribution is 2.41. The number of hydrogen-bond acceptors (Lipinski definition) is 3. The fourth-order valence-corrected chi connectivity index (χ4v) is 3.40. The van der Waals surface area contributed by atoms with Crippen molar-refractivity contribution < 1.29 is 19.1 Å². The minimum absolute atomic E-state index is 0.0689. The molecule has 6 heteroatoms. The van der Waals surface area contributed by atoms with Gasteiger partial charge in [-0.15, -0.1) is 0 Å². The zero-order valence-electron chi connectivity index (χ0n) is 11.3. The number of carbonyl (C=O) groups is 2. The molecular formula is C14H18N2O4. The van der Waals surface area contributed by atoms with E-state index in [0.717, 1.165) is 18.6 Å². The van der Waals surface area contributed by atoms with E-state index in [0.29, 0.717) is 18.7 Å². The zero-order valence-corrected chi connectivity index (χ0v) is 11.3. The van der Waals surface area contributed by atoms with Gasteiger partial charge in [0.25, 0.3) is 0 Å².